The molecular formula is C26H33N3O5. The van der Waals surface area contributed by atoms with Crippen LogP contribution in [0.5, 0.6) is 0 Å². The van der Waals surface area contributed by atoms with E-state index in [2.05, 4.69) is 5.32 Å². The van der Waals surface area contributed by atoms with E-state index in [9.17, 15) is 19.5 Å². The maximum absolute atomic E-state index is 13.1. The van der Waals surface area contributed by atoms with Crippen molar-refractivity contribution in [2.24, 2.45) is 0 Å². The van der Waals surface area contributed by atoms with Gasteiger partial charge in [-0.1, -0.05) is 55.5 Å². The van der Waals surface area contributed by atoms with Gasteiger partial charge in [-0.15, -0.1) is 0 Å². The predicted molar refractivity (Wildman–Crippen MR) is 130 cm³/mol. The van der Waals surface area contributed by atoms with Gasteiger partial charge in [-0.3, -0.25) is 9.59 Å². The van der Waals surface area contributed by atoms with Crippen molar-refractivity contribution < 1.29 is 24.2 Å². The molecule has 34 heavy (non-hydrogen) atoms. The number of alkyl carbamates (subject to hydrolysis) is 1. The van der Waals surface area contributed by atoms with E-state index in [1.165, 1.54) is 0 Å². The van der Waals surface area contributed by atoms with E-state index in [0.29, 0.717) is 19.6 Å². The zero-order valence-corrected chi connectivity index (χ0v) is 20.0. The number of hydrogen-bond donors (Lipinski definition) is 2. The van der Waals surface area contributed by atoms with Crippen molar-refractivity contribution in [3.63, 3.8) is 0 Å². The van der Waals surface area contributed by atoms with Crippen molar-refractivity contribution in [1.29, 1.82) is 0 Å². The van der Waals surface area contributed by atoms with Gasteiger partial charge in [0.05, 0.1) is 6.42 Å². The lowest BCUT2D eigenvalue weighted by Gasteiger charge is -2.28. The van der Waals surface area contributed by atoms with Crippen molar-refractivity contribution in [2.75, 3.05) is 40.3 Å². The van der Waals surface area contributed by atoms with Crippen LogP contribution in [0.15, 0.2) is 48.5 Å². The Morgan fingerprint density at radius 2 is 1.56 bits per heavy atom. The van der Waals surface area contributed by atoms with E-state index in [1.54, 1.807) is 4.90 Å². The number of fused-ring (bicyclic) bond motifs is 3. The van der Waals surface area contributed by atoms with Crippen LogP contribution >= 0.6 is 0 Å². The fraction of sp³-hybridized carbons (Fsp3) is 0.423. The Hall–Kier alpha value is -3.39. The summed E-state index contributed by atoms with van der Waals surface area (Å²) in [6, 6.07) is 14.8. The average Bonchev–Trinajstić information content (AvgIpc) is 3.13. The number of nitrogens with one attached hydrogen (secondary N) is 1. The molecule has 8 heteroatoms. The van der Waals surface area contributed by atoms with Crippen molar-refractivity contribution >= 4 is 18.0 Å². The summed E-state index contributed by atoms with van der Waals surface area (Å²) in [7, 11) is 3.80. The molecule has 1 atom stereocenters. The second-order valence-electron chi connectivity index (χ2n) is 8.75. The minimum atomic E-state index is -1.19. The number of carboxylic acid groups (broad SMARTS) is 1. The first-order chi connectivity index (χ1) is 16.3. The molecule has 2 aromatic carbocycles. The number of rotatable bonds is 11. The highest BCUT2D eigenvalue weighted by molar-refractivity contribution is 5.89. The number of amides is 2. The van der Waals surface area contributed by atoms with Gasteiger partial charge in [0.2, 0.25) is 5.91 Å². The van der Waals surface area contributed by atoms with Gasteiger partial charge >= 0.3 is 12.1 Å². The van der Waals surface area contributed by atoms with Crippen LogP contribution in [0.25, 0.3) is 11.1 Å². The number of benzene rings is 2. The third-order valence-corrected chi connectivity index (χ3v) is 5.93. The Labute approximate surface area is 200 Å². The van der Waals surface area contributed by atoms with Crippen LogP contribution in [0.2, 0.25) is 0 Å². The molecule has 2 aromatic rings. The van der Waals surface area contributed by atoms with E-state index in [1.807, 2.05) is 74.4 Å². The predicted octanol–water partition coefficient (Wildman–Crippen LogP) is 3.17. The van der Waals surface area contributed by atoms with Crippen molar-refractivity contribution in [2.45, 2.75) is 31.7 Å². The number of carbonyl (C=O) groups is 3. The first-order valence-corrected chi connectivity index (χ1v) is 11.6. The molecular weight excluding hydrogens is 434 g/mol. The number of ether oxygens (including phenoxy) is 1. The molecule has 2 amide bonds. The van der Waals surface area contributed by atoms with Gasteiger partial charge in [-0.2, -0.15) is 0 Å². The SMILES string of the molecule is CCCN(CCN(C)C)C(=O)C(CC(=O)O)NC(=O)OCC1c2ccccc2-c2ccccc21. The van der Waals surface area contributed by atoms with Gasteiger partial charge in [0.15, 0.2) is 0 Å². The van der Waals surface area contributed by atoms with Crippen molar-refractivity contribution in [3.8, 4) is 11.1 Å². The molecule has 1 aliphatic rings. The second-order valence-corrected chi connectivity index (χ2v) is 8.75. The highest BCUT2D eigenvalue weighted by atomic mass is 16.5. The van der Waals surface area contributed by atoms with Crippen molar-refractivity contribution in [3.05, 3.63) is 59.7 Å². The molecule has 0 fully saturated rings. The fourth-order valence-corrected chi connectivity index (χ4v) is 4.30. The Kier molecular flexibility index (Phi) is 8.65. The number of aliphatic carboxylic acids is 1. The number of likely N-dealkylation sites (N-methyl/N-ethyl adjacent to an activating group) is 1. The second kappa shape index (κ2) is 11.7. The highest BCUT2D eigenvalue weighted by Gasteiger charge is 2.31. The number of carboxylic acids is 1. The molecule has 0 bridgehead atoms. The molecule has 0 aliphatic heterocycles. The Morgan fingerprint density at radius 1 is 0.971 bits per heavy atom. The van der Waals surface area contributed by atoms with Crippen molar-refractivity contribution in [1.82, 2.24) is 15.1 Å². The molecule has 8 nitrogen and oxygen atoms in total. The lowest BCUT2D eigenvalue weighted by Crippen LogP contribution is -2.51. The number of hydrogen-bond acceptors (Lipinski definition) is 5. The molecule has 2 N–H and O–H groups in total. The number of nitrogens with zero attached hydrogens (tertiary/aromatic N) is 2. The lowest BCUT2D eigenvalue weighted by molar-refractivity contribution is -0.142. The Morgan fingerprint density at radius 3 is 2.09 bits per heavy atom. The summed E-state index contributed by atoms with van der Waals surface area (Å²) >= 11 is 0. The van der Waals surface area contributed by atoms with Gasteiger partial charge in [0.1, 0.15) is 12.6 Å². The molecule has 182 valence electrons. The molecule has 1 aliphatic carbocycles. The van der Waals surface area contributed by atoms with Crippen LogP contribution in [0.1, 0.15) is 36.8 Å². The Balaban J connectivity index is 1.68. The summed E-state index contributed by atoms with van der Waals surface area (Å²) in [5, 5.41) is 11.8. The smallest absolute Gasteiger partial charge is 0.407 e. The molecule has 3 rings (SSSR count). The minimum absolute atomic E-state index is 0.0904. The molecule has 0 aromatic heterocycles. The third kappa shape index (κ3) is 6.14. The molecule has 0 radical (unpaired) electrons. The normalized spacial score (nSPS) is 13.2. The standard InChI is InChI=1S/C26H33N3O5/c1-4-13-29(15-14-28(2)3)25(32)23(16-24(30)31)27-26(33)34-17-22-20-11-7-5-9-18(20)19-10-6-8-12-21(19)22/h5-12,22-23H,4,13-17H2,1-3H3,(H,27,33)(H,30,31). The van der Waals surface area contributed by atoms with Crippen LogP contribution in [0.4, 0.5) is 4.79 Å². The lowest BCUT2D eigenvalue weighted by atomic mass is 9.98. The van der Waals surface area contributed by atoms with Gasteiger partial charge in [0.25, 0.3) is 0 Å². The summed E-state index contributed by atoms with van der Waals surface area (Å²) in [5.74, 6) is -1.70. The first-order valence-electron chi connectivity index (χ1n) is 11.6. The monoisotopic (exact) mass is 467 g/mol. The zero-order valence-electron chi connectivity index (χ0n) is 20.0. The van der Waals surface area contributed by atoms with Gasteiger partial charge in [-0.25, -0.2) is 4.79 Å². The van der Waals surface area contributed by atoms with Crippen LogP contribution in [0.3, 0.4) is 0 Å². The summed E-state index contributed by atoms with van der Waals surface area (Å²) < 4.78 is 5.52. The van der Waals surface area contributed by atoms with Gasteiger partial charge in [-0.05, 0) is 42.8 Å². The highest BCUT2D eigenvalue weighted by Crippen LogP contribution is 2.44. The van der Waals surface area contributed by atoms with Crippen LogP contribution in [-0.4, -0.2) is 79.3 Å². The summed E-state index contributed by atoms with van der Waals surface area (Å²) in [6.07, 6.45) is -0.583. The number of carbonyl (C=O) groups excluding carboxylic acids is 2. The maximum Gasteiger partial charge on any atom is 0.407 e. The van der Waals surface area contributed by atoms with Crippen LogP contribution in [-0.2, 0) is 14.3 Å². The summed E-state index contributed by atoms with van der Waals surface area (Å²) in [5.41, 5.74) is 4.38. The van der Waals surface area contributed by atoms with E-state index in [0.717, 1.165) is 28.7 Å². The first kappa shape index (κ1) is 25.2. The minimum Gasteiger partial charge on any atom is -0.481 e. The zero-order chi connectivity index (χ0) is 24.7. The van der Waals surface area contributed by atoms with Gasteiger partial charge in [0, 0.05) is 25.6 Å². The average molecular weight is 468 g/mol. The summed E-state index contributed by atoms with van der Waals surface area (Å²) in [4.78, 5) is 40.7. The largest absolute Gasteiger partial charge is 0.481 e. The quantitative estimate of drug-likeness (QED) is 0.527. The van der Waals surface area contributed by atoms with Gasteiger partial charge < -0.3 is 25.0 Å². The molecule has 1 unspecified atom stereocenters. The Bertz CT molecular complexity index is 978. The summed E-state index contributed by atoms with van der Waals surface area (Å²) in [6.45, 7) is 3.60. The van der Waals surface area contributed by atoms with E-state index in [-0.39, 0.29) is 12.5 Å². The van der Waals surface area contributed by atoms with E-state index < -0.39 is 30.4 Å². The van der Waals surface area contributed by atoms with E-state index in [4.69, 9.17) is 4.74 Å². The molecule has 0 heterocycles. The fourth-order valence-electron chi connectivity index (χ4n) is 4.30. The van der Waals surface area contributed by atoms with Crippen LogP contribution in [0, 0.1) is 0 Å². The third-order valence-electron chi connectivity index (χ3n) is 5.93. The molecule has 0 saturated heterocycles. The maximum atomic E-state index is 13.1. The van der Waals surface area contributed by atoms with E-state index >= 15 is 0 Å². The topological polar surface area (TPSA) is 99.2 Å². The van der Waals surface area contributed by atoms with Crippen LogP contribution < -0.4 is 5.32 Å². The molecule has 0 saturated carbocycles. The molecule has 0 spiro atoms.